The zero-order chi connectivity index (χ0) is 7.44. The van der Waals surface area contributed by atoms with Crippen molar-refractivity contribution in [2.75, 3.05) is 6.26 Å². The summed E-state index contributed by atoms with van der Waals surface area (Å²) >= 11 is 4.57. The zero-order valence-electron chi connectivity index (χ0n) is 5.85. The molecule has 0 aliphatic heterocycles. The standard InChI is InChI=1S/C6H11BrOS/c1-4(2)5(7)6(8)9-3/h4-5H,1-3H3. The van der Waals surface area contributed by atoms with Gasteiger partial charge in [0.1, 0.15) is 0 Å². The predicted molar refractivity (Wildman–Crippen MR) is 46.1 cm³/mol. The molecule has 0 rings (SSSR count). The van der Waals surface area contributed by atoms with Gasteiger partial charge in [-0.2, -0.15) is 0 Å². The van der Waals surface area contributed by atoms with Crippen LogP contribution >= 0.6 is 27.7 Å². The molecular weight excluding hydrogens is 200 g/mol. The van der Waals surface area contributed by atoms with Crippen molar-refractivity contribution in [3.8, 4) is 0 Å². The third-order valence-corrected chi connectivity index (χ3v) is 3.44. The van der Waals surface area contributed by atoms with Gasteiger partial charge in [0.05, 0.1) is 4.83 Å². The topological polar surface area (TPSA) is 17.1 Å². The minimum absolute atomic E-state index is 0.0208. The number of halogens is 1. The molecule has 0 saturated heterocycles. The lowest BCUT2D eigenvalue weighted by Crippen LogP contribution is -2.15. The molecule has 0 aromatic carbocycles. The second-order valence-corrected chi connectivity index (χ2v) is 3.97. The first-order valence-electron chi connectivity index (χ1n) is 2.81. The molecular formula is C6H11BrOS. The molecule has 0 radical (unpaired) electrons. The van der Waals surface area contributed by atoms with Gasteiger partial charge >= 0.3 is 0 Å². The highest BCUT2D eigenvalue weighted by molar-refractivity contribution is 9.10. The van der Waals surface area contributed by atoms with E-state index in [1.54, 1.807) is 6.26 Å². The molecule has 1 atom stereocenters. The van der Waals surface area contributed by atoms with Gasteiger partial charge in [0.15, 0.2) is 0 Å². The SMILES string of the molecule is CSC(=O)C(Br)C(C)C. The summed E-state index contributed by atoms with van der Waals surface area (Å²) < 4.78 is 0. The van der Waals surface area contributed by atoms with E-state index in [0.717, 1.165) is 0 Å². The molecule has 0 aliphatic rings. The average Bonchev–Trinajstić information content (AvgIpc) is 1.84. The summed E-state index contributed by atoms with van der Waals surface area (Å²) in [5.41, 5.74) is 0. The monoisotopic (exact) mass is 210 g/mol. The van der Waals surface area contributed by atoms with Gasteiger partial charge in [0.25, 0.3) is 0 Å². The van der Waals surface area contributed by atoms with Gasteiger partial charge in [-0.1, -0.05) is 41.5 Å². The second-order valence-electron chi connectivity index (χ2n) is 2.17. The van der Waals surface area contributed by atoms with E-state index >= 15 is 0 Å². The lowest BCUT2D eigenvalue weighted by atomic mass is 10.2. The minimum Gasteiger partial charge on any atom is -0.286 e. The van der Waals surface area contributed by atoms with Crippen molar-refractivity contribution in [2.24, 2.45) is 5.92 Å². The number of carbonyl (C=O) groups is 1. The van der Waals surface area contributed by atoms with Crippen LogP contribution < -0.4 is 0 Å². The summed E-state index contributed by atoms with van der Waals surface area (Å²) in [6.45, 7) is 4.04. The Kier molecular flexibility index (Phi) is 4.58. The van der Waals surface area contributed by atoms with Crippen LogP contribution in [0.1, 0.15) is 13.8 Å². The van der Waals surface area contributed by atoms with Crippen LogP contribution in [0.3, 0.4) is 0 Å². The van der Waals surface area contributed by atoms with E-state index in [2.05, 4.69) is 15.9 Å². The number of carbonyl (C=O) groups excluding carboxylic acids is 1. The van der Waals surface area contributed by atoms with Crippen LogP contribution in [0, 0.1) is 5.92 Å². The maximum absolute atomic E-state index is 10.9. The largest absolute Gasteiger partial charge is 0.286 e. The Hall–Kier alpha value is 0.500. The third-order valence-electron chi connectivity index (χ3n) is 1.01. The highest BCUT2D eigenvalue weighted by atomic mass is 79.9. The normalized spacial score (nSPS) is 13.9. The van der Waals surface area contributed by atoms with Crippen LogP contribution in [0.2, 0.25) is 0 Å². The second kappa shape index (κ2) is 4.34. The first kappa shape index (κ1) is 9.50. The van der Waals surface area contributed by atoms with Crippen LogP contribution in [-0.2, 0) is 4.79 Å². The molecule has 0 aromatic heterocycles. The van der Waals surface area contributed by atoms with E-state index in [1.807, 2.05) is 13.8 Å². The highest BCUT2D eigenvalue weighted by Crippen LogP contribution is 2.17. The maximum Gasteiger partial charge on any atom is 0.202 e. The van der Waals surface area contributed by atoms with Gasteiger partial charge in [-0.25, -0.2) is 0 Å². The molecule has 0 fully saturated rings. The first-order valence-corrected chi connectivity index (χ1v) is 4.95. The Morgan fingerprint density at radius 2 is 2.00 bits per heavy atom. The molecule has 1 unspecified atom stereocenters. The molecule has 0 heterocycles. The fraction of sp³-hybridized carbons (Fsp3) is 0.833. The molecule has 54 valence electrons. The van der Waals surface area contributed by atoms with Gasteiger partial charge in [0.2, 0.25) is 5.12 Å². The number of hydrogen-bond acceptors (Lipinski definition) is 2. The van der Waals surface area contributed by atoms with Gasteiger partial charge in [-0.05, 0) is 12.2 Å². The number of alkyl halides is 1. The lowest BCUT2D eigenvalue weighted by molar-refractivity contribution is -0.110. The Morgan fingerprint density at radius 1 is 1.56 bits per heavy atom. The third kappa shape index (κ3) is 3.26. The summed E-state index contributed by atoms with van der Waals surface area (Å²) in [6.07, 6.45) is 1.80. The van der Waals surface area contributed by atoms with Gasteiger partial charge in [0, 0.05) is 0 Å². The summed E-state index contributed by atoms with van der Waals surface area (Å²) in [5, 5.41) is 0.213. The first-order chi connectivity index (χ1) is 4.09. The van der Waals surface area contributed by atoms with E-state index in [-0.39, 0.29) is 9.94 Å². The quantitative estimate of drug-likeness (QED) is 0.652. The Labute approximate surface area is 68.7 Å². The van der Waals surface area contributed by atoms with E-state index in [4.69, 9.17) is 0 Å². The van der Waals surface area contributed by atoms with Gasteiger partial charge in [-0.3, -0.25) is 4.79 Å². The van der Waals surface area contributed by atoms with Crippen LogP contribution in [0.15, 0.2) is 0 Å². The van der Waals surface area contributed by atoms with Crippen molar-refractivity contribution in [2.45, 2.75) is 18.7 Å². The molecule has 9 heavy (non-hydrogen) atoms. The summed E-state index contributed by atoms with van der Waals surface area (Å²) in [6, 6.07) is 0. The van der Waals surface area contributed by atoms with Crippen molar-refractivity contribution in [1.29, 1.82) is 0 Å². The highest BCUT2D eigenvalue weighted by Gasteiger charge is 2.16. The Morgan fingerprint density at radius 3 is 2.11 bits per heavy atom. The smallest absolute Gasteiger partial charge is 0.202 e. The minimum atomic E-state index is 0.0208. The molecule has 0 amide bonds. The number of thioether (sulfide) groups is 1. The summed E-state index contributed by atoms with van der Waals surface area (Å²) in [7, 11) is 0. The molecule has 0 bridgehead atoms. The summed E-state index contributed by atoms with van der Waals surface area (Å²) in [5.74, 6) is 0.393. The van der Waals surface area contributed by atoms with Crippen molar-refractivity contribution < 1.29 is 4.79 Å². The van der Waals surface area contributed by atoms with Crippen LogP contribution in [-0.4, -0.2) is 16.2 Å². The van der Waals surface area contributed by atoms with E-state index < -0.39 is 0 Å². The van der Waals surface area contributed by atoms with E-state index in [9.17, 15) is 4.79 Å². The fourth-order valence-electron chi connectivity index (χ4n) is 0.385. The Bertz CT molecular complexity index is 103. The summed E-state index contributed by atoms with van der Waals surface area (Å²) in [4.78, 5) is 10.9. The molecule has 0 N–H and O–H groups in total. The van der Waals surface area contributed by atoms with E-state index in [1.165, 1.54) is 11.8 Å². The molecule has 3 heteroatoms. The molecule has 0 spiro atoms. The van der Waals surface area contributed by atoms with Crippen molar-refractivity contribution in [1.82, 2.24) is 0 Å². The van der Waals surface area contributed by atoms with Gasteiger partial charge < -0.3 is 0 Å². The predicted octanol–water partition coefficient (Wildman–Crippen LogP) is 2.30. The van der Waals surface area contributed by atoms with Crippen LogP contribution in [0.5, 0.6) is 0 Å². The number of rotatable bonds is 2. The van der Waals surface area contributed by atoms with Crippen LogP contribution in [0.25, 0.3) is 0 Å². The molecule has 1 nitrogen and oxygen atoms in total. The zero-order valence-corrected chi connectivity index (χ0v) is 8.25. The molecule has 0 aliphatic carbocycles. The maximum atomic E-state index is 10.9. The van der Waals surface area contributed by atoms with Crippen molar-refractivity contribution in [3.63, 3.8) is 0 Å². The van der Waals surface area contributed by atoms with Gasteiger partial charge in [-0.15, -0.1) is 0 Å². The fourth-order valence-corrected chi connectivity index (χ4v) is 1.44. The van der Waals surface area contributed by atoms with Crippen molar-refractivity contribution in [3.05, 3.63) is 0 Å². The Balaban J connectivity index is 3.72. The lowest BCUT2D eigenvalue weighted by Gasteiger charge is -2.09. The number of hydrogen-bond donors (Lipinski definition) is 0. The average molecular weight is 211 g/mol. The molecule has 0 aromatic rings. The van der Waals surface area contributed by atoms with E-state index in [0.29, 0.717) is 5.92 Å². The van der Waals surface area contributed by atoms with Crippen molar-refractivity contribution >= 4 is 32.8 Å². The molecule has 0 saturated carbocycles. The van der Waals surface area contributed by atoms with Crippen LogP contribution in [0.4, 0.5) is 0 Å².